The molecule has 0 aliphatic carbocycles. The van der Waals surface area contributed by atoms with Gasteiger partial charge in [0, 0.05) is 36.9 Å². The number of aromatic nitrogens is 2. The highest BCUT2D eigenvalue weighted by atomic mass is 32.2. The van der Waals surface area contributed by atoms with E-state index >= 15 is 0 Å². The molecule has 1 amide bonds. The van der Waals surface area contributed by atoms with Gasteiger partial charge in [-0.15, -0.1) is 0 Å². The van der Waals surface area contributed by atoms with Gasteiger partial charge in [0.2, 0.25) is 5.91 Å². The second-order valence-corrected chi connectivity index (χ2v) is 8.34. The maximum atomic E-state index is 12.5. The number of aryl methyl sites for hydroxylation is 2. The molecular weight excluding hydrogens is 380 g/mol. The molecule has 1 aromatic heterocycles. The van der Waals surface area contributed by atoms with E-state index in [4.69, 9.17) is 0 Å². The number of hydrogen-bond acceptors (Lipinski definition) is 4. The average molecular weight is 407 g/mol. The Morgan fingerprint density at radius 2 is 1.86 bits per heavy atom. The molecular formula is C23H26N4OS. The summed E-state index contributed by atoms with van der Waals surface area (Å²) in [7, 11) is 0. The highest BCUT2D eigenvalue weighted by Crippen LogP contribution is 2.27. The van der Waals surface area contributed by atoms with Gasteiger partial charge in [0.15, 0.2) is 5.16 Å². The van der Waals surface area contributed by atoms with Crippen LogP contribution in [0.5, 0.6) is 0 Å². The summed E-state index contributed by atoms with van der Waals surface area (Å²) in [4.78, 5) is 19.3. The van der Waals surface area contributed by atoms with Crippen molar-refractivity contribution in [3.05, 3.63) is 66.0 Å². The van der Waals surface area contributed by atoms with Crippen LogP contribution in [0.15, 0.2) is 60.0 Å². The molecule has 2 aromatic carbocycles. The van der Waals surface area contributed by atoms with E-state index in [1.54, 1.807) is 6.20 Å². The van der Waals surface area contributed by atoms with Crippen LogP contribution in [0.3, 0.4) is 0 Å². The quantitative estimate of drug-likeness (QED) is 0.596. The standard InChI is InChI=1S/C23H26N4OS/c1-17-7-3-4-8-21(17)27-14-11-24-23(27)29-16-22(28)25-19-9-10-20(18(2)15-19)26-12-5-6-13-26/h3-4,7-11,14-15H,5-6,12-13,16H2,1-2H3,(H,25,28). The predicted octanol–water partition coefficient (Wildman–Crippen LogP) is 4.82. The number of benzene rings is 2. The lowest BCUT2D eigenvalue weighted by Crippen LogP contribution is -2.19. The van der Waals surface area contributed by atoms with Crippen LogP contribution in [-0.2, 0) is 4.79 Å². The van der Waals surface area contributed by atoms with E-state index in [9.17, 15) is 4.79 Å². The van der Waals surface area contributed by atoms with E-state index in [2.05, 4.69) is 53.3 Å². The van der Waals surface area contributed by atoms with Gasteiger partial charge in [-0.25, -0.2) is 4.98 Å². The highest BCUT2D eigenvalue weighted by Gasteiger charge is 2.15. The smallest absolute Gasteiger partial charge is 0.234 e. The summed E-state index contributed by atoms with van der Waals surface area (Å²) in [5, 5.41) is 3.83. The first kappa shape index (κ1) is 19.6. The lowest BCUT2D eigenvalue weighted by Gasteiger charge is -2.20. The van der Waals surface area contributed by atoms with E-state index in [1.165, 1.54) is 41.4 Å². The van der Waals surface area contributed by atoms with Crippen molar-refractivity contribution in [2.45, 2.75) is 31.8 Å². The molecule has 1 aliphatic heterocycles. The molecule has 1 N–H and O–H groups in total. The van der Waals surface area contributed by atoms with Gasteiger partial charge < -0.3 is 10.2 Å². The normalized spacial score (nSPS) is 13.7. The minimum absolute atomic E-state index is 0.0253. The Balaban J connectivity index is 1.38. The lowest BCUT2D eigenvalue weighted by molar-refractivity contribution is -0.113. The number of amides is 1. The molecule has 0 bridgehead atoms. The molecule has 0 atom stereocenters. The SMILES string of the molecule is Cc1cc(NC(=O)CSc2nccn2-c2ccccc2C)ccc1N1CCCC1. The number of anilines is 2. The fraction of sp³-hybridized carbons (Fsp3) is 0.304. The number of hydrogen-bond donors (Lipinski definition) is 1. The first-order valence-electron chi connectivity index (χ1n) is 9.99. The first-order valence-corrected chi connectivity index (χ1v) is 11.0. The van der Waals surface area contributed by atoms with Gasteiger partial charge in [0.25, 0.3) is 0 Å². The van der Waals surface area contributed by atoms with Crippen LogP contribution in [0, 0.1) is 13.8 Å². The topological polar surface area (TPSA) is 50.2 Å². The van der Waals surface area contributed by atoms with Crippen molar-refractivity contribution in [2.75, 3.05) is 29.1 Å². The molecule has 1 fully saturated rings. The monoisotopic (exact) mass is 406 g/mol. The van der Waals surface area contributed by atoms with Crippen molar-refractivity contribution in [3.63, 3.8) is 0 Å². The van der Waals surface area contributed by atoms with Gasteiger partial charge in [-0.05, 0) is 62.1 Å². The number of para-hydroxylation sites is 1. The van der Waals surface area contributed by atoms with Crippen molar-refractivity contribution in [3.8, 4) is 5.69 Å². The third kappa shape index (κ3) is 4.48. The number of rotatable bonds is 6. The molecule has 29 heavy (non-hydrogen) atoms. The minimum Gasteiger partial charge on any atom is -0.371 e. The summed E-state index contributed by atoms with van der Waals surface area (Å²) in [6.07, 6.45) is 6.22. The van der Waals surface area contributed by atoms with Gasteiger partial charge in [0.1, 0.15) is 0 Å². The molecule has 0 spiro atoms. The molecule has 150 valence electrons. The van der Waals surface area contributed by atoms with Crippen LogP contribution in [0.1, 0.15) is 24.0 Å². The van der Waals surface area contributed by atoms with Crippen molar-refractivity contribution >= 4 is 29.0 Å². The van der Waals surface area contributed by atoms with Crippen LogP contribution < -0.4 is 10.2 Å². The molecule has 1 saturated heterocycles. The summed E-state index contributed by atoms with van der Waals surface area (Å²) >= 11 is 1.44. The Morgan fingerprint density at radius 3 is 2.62 bits per heavy atom. The Morgan fingerprint density at radius 1 is 1.07 bits per heavy atom. The van der Waals surface area contributed by atoms with Crippen LogP contribution in [-0.4, -0.2) is 34.3 Å². The van der Waals surface area contributed by atoms with Crippen molar-refractivity contribution < 1.29 is 4.79 Å². The van der Waals surface area contributed by atoms with E-state index in [0.29, 0.717) is 5.75 Å². The van der Waals surface area contributed by atoms with E-state index in [-0.39, 0.29) is 5.91 Å². The summed E-state index contributed by atoms with van der Waals surface area (Å²) in [5.74, 6) is 0.290. The molecule has 3 aromatic rings. The molecule has 2 heterocycles. The number of imidazole rings is 1. The summed E-state index contributed by atoms with van der Waals surface area (Å²) < 4.78 is 2.03. The summed E-state index contributed by atoms with van der Waals surface area (Å²) in [5.41, 5.74) is 5.58. The Labute approximate surface area is 176 Å². The van der Waals surface area contributed by atoms with Crippen LogP contribution in [0.25, 0.3) is 5.69 Å². The average Bonchev–Trinajstić information content (AvgIpc) is 3.39. The van der Waals surface area contributed by atoms with Gasteiger partial charge in [-0.1, -0.05) is 30.0 Å². The minimum atomic E-state index is -0.0253. The number of carbonyl (C=O) groups excluding carboxylic acids is 1. The van der Waals surface area contributed by atoms with E-state index < -0.39 is 0 Å². The summed E-state index contributed by atoms with van der Waals surface area (Å²) in [6.45, 7) is 6.43. The largest absolute Gasteiger partial charge is 0.371 e. The molecule has 6 heteroatoms. The number of thioether (sulfide) groups is 1. The van der Waals surface area contributed by atoms with Crippen molar-refractivity contribution in [1.82, 2.24) is 9.55 Å². The number of nitrogens with one attached hydrogen (secondary N) is 1. The highest BCUT2D eigenvalue weighted by molar-refractivity contribution is 7.99. The number of nitrogens with zero attached hydrogens (tertiary/aromatic N) is 3. The lowest BCUT2D eigenvalue weighted by atomic mass is 10.1. The van der Waals surface area contributed by atoms with Crippen molar-refractivity contribution in [1.29, 1.82) is 0 Å². The summed E-state index contributed by atoms with van der Waals surface area (Å²) in [6, 6.07) is 14.3. The van der Waals surface area contributed by atoms with Gasteiger partial charge in [-0.3, -0.25) is 9.36 Å². The second-order valence-electron chi connectivity index (χ2n) is 7.40. The van der Waals surface area contributed by atoms with Crippen LogP contribution in [0.4, 0.5) is 11.4 Å². The third-order valence-corrected chi connectivity index (χ3v) is 6.21. The Kier molecular flexibility index (Phi) is 5.90. The molecule has 4 rings (SSSR count). The zero-order valence-electron chi connectivity index (χ0n) is 16.9. The van der Waals surface area contributed by atoms with Gasteiger partial charge in [-0.2, -0.15) is 0 Å². The van der Waals surface area contributed by atoms with Gasteiger partial charge in [0.05, 0.1) is 11.4 Å². The fourth-order valence-electron chi connectivity index (χ4n) is 3.79. The number of carbonyl (C=O) groups is 1. The molecule has 0 radical (unpaired) electrons. The molecule has 1 aliphatic rings. The maximum Gasteiger partial charge on any atom is 0.234 e. The zero-order valence-corrected chi connectivity index (χ0v) is 17.7. The van der Waals surface area contributed by atoms with Crippen LogP contribution in [0.2, 0.25) is 0 Å². The zero-order chi connectivity index (χ0) is 20.2. The van der Waals surface area contributed by atoms with Crippen LogP contribution >= 0.6 is 11.8 Å². The fourth-order valence-corrected chi connectivity index (χ4v) is 4.55. The molecule has 0 saturated carbocycles. The Bertz CT molecular complexity index is 1010. The van der Waals surface area contributed by atoms with E-state index in [0.717, 1.165) is 29.6 Å². The predicted molar refractivity (Wildman–Crippen MR) is 120 cm³/mol. The first-order chi connectivity index (χ1) is 14.1. The van der Waals surface area contributed by atoms with Crippen molar-refractivity contribution in [2.24, 2.45) is 0 Å². The molecule has 0 unspecified atom stereocenters. The maximum absolute atomic E-state index is 12.5. The third-order valence-electron chi connectivity index (χ3n) is 5.24. The van der Waals surface area contributed by atoms with Gasteiger partial charge >= 0.3 is 0 Å². The van der Waals surface area contributed by atoms with E-state index in [1.807, 2.05) is 29.0 Å². The molecule has 5 nitrogen and oxygen atoms in total. The second kappa shape index (κ2) is 8.74. The Hall–Kier alpha value is -2.73.